The van der Waals surface area contributed by atoms with E-state index in [-0.39, 0.29) is 5.75 Å². The predicted molar refractivity (Wildman–Crippen MR) is 75.3 cm³/mol. The van der Waals surface area contributed by atoms with Gasteiger partial charge in [-0.25, -0.2) is 0 Å². The molecule has 0 bridgehead atoms. The fourth-order valence-corrected chi connectivity index (χ4v) is 2.06. The lowest BCUT2D eigenvalue weighted by atomic mass is 9.99. The van der Waals surface area contributed by atoms with Crippen molar-refractivity contribution in [3.63, 3.8) is 0 Å². The summed E-state index contributed by atoms with van der Waals surface area (Å²) >= 11 is 6.04. The number of ether oxygens (including phenoxy) is 1. The highest BCUT2D eigenvalue weighted by Crippen LogP contribution is 2.27. The smallest absolute Gasteiger partial charge is 0.406 e. The molecule has 2 aromatic rings. The van der Waals surface area contributed by atoms with E-state index in [1.807, 2.05) is 19.1 Å². The quantitative estimate of drug-likeness (QED) is 0.898. The molecule has 112 valence electrons. The molecule has 0 unspecified atom stereocenters. The molecule has 0 aliphatic carbocycles. The average Bonchev–Trinajstić information content (AvgIpc) is 2.40. The Morgan fingerprint density at radius 2 is 1.62 bits per heavy atom. The second-order valence-corrected chi connectivity index (χ2v) is 5.01. The molecule has 2 nitrogen and oxygen atoms in total. The number of alkyl halides is 3. The highest BCUT2D eigenvalue weighted by molar-refractivity contribution is 6.31. The Hall–Kier alpha value is -1.72. The standard InChI is InChI=1S/C15H13ClF3NO/c1-9-2-3-11(8-13(9)16)14(20)10-4-6-12(7-5-10)21-15(17,18)19/h2-8,14H,20H2,1H3/t14-/m1/s1. The van der Waals surface area contributed by atoms with Gasteiger partial charge in [-0.3, -0.25) is 0 Å². The molecule has 0 fully saturated rings. The van der Waals surface area contributed by atoms with Crippen molar-refractivity contribution in [2.75, 3.05) is 0 Å². The van der Waals surface area contributed by atoms with Crippen LogP contribution in [0.15, 0.2) is 42.5 Å². The van der Waals surface area contributed by atoms with Gasteiger partial charge in [-0.15, -0.1) is 13.2 Å². The van der Waals surface area contributed by atoms with E-state index in [2.05, 4.69) is 4.74 Å². The van der Waals surface area contributed by atoms with Crippen LogP contribution in [0.5, 0.6) is 5.75 Å². The molecule has 0 aliphatic rings. The zero-order chi connectivity index (χ0) is 15.6. The Labute approximate surface area is 125 Å². The van der Waals surface area contributed by atoms with Crippen molar-refractivity contribution in [1.29, 1.82) is 0 Å². The maximum absolute atomic E-state index is 12.1. The summed E-state index contributed by atoms with van der Waals surface area (Å²) < 4.78 is 40.1. The number of hydrogen-bond acceptors (Lipinski definition) is 2. The van der Waals surface area contributed by atoms with E-state index in [4.69, 9.17) is 17.3 Å². The summed E-state index contributed by atoms with van der Waals surface area (Å²) in [5.41, 5.74) is 8.48. The van der Waals surface area contributed by atoms with Gasteiger partial charge in [0.1, 0.15) is 5.75 Å². The SMILES string of the molecule is Cc1ccc([C@H](N)c2ccc(OC(F)(F)F)cc2)cc1Cl. The van der Waals surface area contributed by atoms with Crippen molar-refractivity contribution in [2.24, 2.45) is 5.73 Å². The van der Waals surface area contributed by atoms with E-state index < -0.39 is 12.4 Å². The van der Waals surface area contributed by atoms with Crippen LogP contribution in [0.25, 0.3) is 0 Å². The van der Waals surface area contributed by atoms with Crippen LogP contribution in [0, 0.1) is 6.92 Å². The lowest BCUT2D eigenvalue weighted by molar-refractivity contribution is -0.274. The molecule has 21 heavy (non-hydrogen) atoms. The number of hydrogen-bond donors (Lipinski definition) is 1. The zero-order valence-electron chi connectivity index (χ0n) is 11.1. The van der Waals surface area contributed by atoms with Crippen molar-refractivity contribution in [2.45, 2.75) is 19.3 Å². The maximum atomic E-state index is 12.1. The van der Waals surface area contributed by atoms with E-state index in [1.165, 1.54) is 24.3 Å². The monoisotopic (exact) mass is 315 g/mol. The number of rotatable bonds is 3. The first-order chi connectivity index (χ1) is 9.76. The number of halogens is 4. The van der Waals surface area contributed by atoms with Gasteiger partial charge < -0.3 is 10.5 Å². The van der Waals surface area contributed by atoms with Gasteiger partial charge in [-0.05, 0) is 41.8 Å². The Bertz CT molecular complexity index is 626. The molecular weight excluding hydrogens is 303 g/mol. The van der Waals surface area contributed by atoms with E-state index in [9.17, 15) is 13.2 Å². The van der Waals surface area contributed by atoms with Gasteiger partial charge in [0.25, 0.3) is 0 Å². The van der Waals surface area contributed by atoms with Crippen LogP contribution in [-0.4, -0.2) is 6.36 Å². The molecule has 0 saturated heterocycles. The number of aryl methyl sites for hydroxylation is 1. The minimum absolute atomic E-state index is 0.277. The minimum Gasteiger partial charge on any atom is -0.406 e. The summed E-state index contributed by atoms with van der Waals surface area (Å²) in [6.45, 7) is 1.88. The molecule has 0 aliphatic heterocycles. The van der Waals surface area contributed by atoms with Gasteiger partial charge >= 0.3 is 6.36 Å². The third kappa shape index (κ3) is 4.12. The highest BCUT2D eigenvalue weighted by Gasteiger charge is 2.31. The van der Waals surface area contributed by atoms with Gasteiger partial charge in [0.15, 0.2) is 0 Å². The normalized spacial score (nSPS) is 13.0. The predicted octanol–water partition coefficient (Wildman–Crippen LogP) is 4.60. The van der Waals surface area contributed by atoms with Crippen molar-refractivity contribution in [3.8, 4) is 5.75 Å². The van der Waals surface area contributed by atoms with E-state index in [1.54, 1.807) is 6.07 Å². The molecule has 0 heterocycles. The molecule has 0 radical (unpaired) electrons. The Kier molecular flexibility index (Phi) is 4.44. The third-order valence-electron chi connectivity index (χ3n) is 3.03. The van der Waals surface area contributed by atoms with E-state index in [0.29, 0.717) is 10.6 Å². The molecule has 2 N–H and O–H groups in total. The topological polar surface area (TPSA) is 35.2 Å². The second-order valence-electron chi connectivity index (χ2n) is 4.60. The summed E-state index contributed by atoms with van der Waals surface area (Å²) in [4.78, 5) is 0. The average molecular weight is 316 g/mol. The fourth-order valence-electron chi connectivity index (χ4n) is 1.87. The van der Waals surface area contributed by atoms with Gasteiger partial charge in [0.05, 0.1) is 6.04 Å². The first-order valence-electron chi connectivity index (χ1n) is 6.13. The summed E-state index contributed by atoms with van der Waals surface area (Å²) in [7, 11) is 0. The Morgan fingerprint density at radius 1 is 1.05 bits per heavy atom. The first kappa shape index (κ1) is 15.7. The highest BCUT2D eigenvalue weighted by atomic mass is 35.5. The molecule has 0 spiro atoms. The largest absolute Gasteiger partial charge is 0.573 e. The van der Waals surface area contributed by atoms with Crippen molar-refractivity contribution in [3.05, 3.63) is 64.2 Å². The van der Waals surface area contributed by atoms with Crippen LogP contribution in [0.4, 0.5) is 13.2 Å². The Balaban J connectivity index is 2.19. The molecule has 2 aromatic carbocycles. The lowest BCUT2D eigenvalue weighted by Gasteiger charge is -2.15. The summed E-state index contributed by atoms with van der Waals surface area (Å²) in [6.07, 6.45) is -4.70. The number of benzene rings is 2. The molecule has 2 rings (SSSR count). The van der Waals surface area contributed by atoms with Crippen LogP contribution in [0.2, 0.25) is 5.02 Å². The van der Waals surface area contributed by atoms with Crippen molar-refractivity contribution in [1.82, 2.24) is 0 Å². The van der Waals surface area contributed by atoms with Crippen LogP contribution in [-0.2, 0) is 0 Å². The fraction of sp³-hybridized carbons (Fsp3) is 0.200. The molecule has 0 amide bonds. The third-order valence-corrected chi connectivity index (χ3v) is 3.44. The van der Waals surface area contributed by atoms with Crippen LogP contribution in [0.3, 0.4) is 0 Å². The zero-order valence-corrected chi connectivity index (χ0v) is 11.9. The van der Waals surface area contributed by atoms with Gasteiger partial charge in [0.2, 0.25) is 0 Å². The summed E-state index contributed by atoms with van der Waals surface area (Å²) in [5.74, 6) is -0.277. The molecule has 0 saturated carbocycles. The summed E-state index contributed by atoms with van der Waals surface area (Å²) in [6, 6.07) is 10.4. The summed E-state index contributed by atoms with van der Waals surface area (Å²) in [5, 5.41) is 0.597. The van der Waals surface area contributed by atoms with Gasteiger partial charge in [0, 0.05) is 5.02 Å². The van der Waals surface area contributed by atoms with Crippen LogP contribution in [0.1, 0.15) is 22.7 Å². The van der Waals surface area contributed by atoms with Crippen LogP contribution < -0.4 is 10.5 Å². The molecule has 1 atom stereocenters. The maximum Gasteiger partial charge on any atom is 0.573 e. The molecule has 6 heteroatoms. The molecule has 0 aromatic heterocycles. The minimum atomic E-state index is -4.70. The van der Waals surface area contributed by atoms with Crippen LogP contribution >= 0.6 is 11.6 Å². The Morgan fingerprint density at radius 3 is 2.14 bits per heavy atom. The number of nitrogens with two attached hydrogens (primary N) is 1. The van der Waals surface area contributed by atoms with Crippen molar-refractivity contribution >= 4 is 11.6 Å². The van der Waals surface area contributed by atoms with E-state index in [0.717, 1.165) is 11.1 Å². The lowest BCUT2D eigenvalue weighted by Crippen LogP contribution is -2.17. The second kappa shape index (κ2) is 5.95. The first-order valence-corrected chi connectivity index (χ1v) is 6.51. The molecular formula is C15H13ClF3NO. The van der Waals surface area contributed by atoms with Crippen molar-refractivity contribution < 1.29 is 17.9 Å². The van der Waals surface area contributed by atoms with Gasteiger partial charge in [-0.1, -0.05) is 35.9 Å². The van der Waals surface area contributed by atoms with Gasteiger partial charge in [-0.2, -0.15) is 0 Å². The van der Waals surface area contributed by atoms with E-state index >= 15 is 0 Å².